The van der Waals surface area contributed by atoms with Crippen molar-refractivity contribution in [2.24, 2.45) is 0 Å². The Morgan fingerprint density at radius 2 is 1.70 bits per heavy atom. The van der Waals surface area contributed by atoms with Gasteiger partial charge >= 0.3 is 0 Å². The van der Waals surface area contributed by atoms with E-state index in [0.717, 1.165) is 10.6 Å². The maximum absolute atomic E-state index is 12.4. The van der Waals surface area contributed by atoms with Gasteiger partial charge in [0.1, 0.15) is 0 Å². The summed E-state index contributed by atoms with van der Waals surface area (Å²) in [6.45, 7) is 9.61. The summed E-state index contributed by atoms with van der Waals surface area (Å²) in [5, 5.41) is 4.88. The average Bonchev–Trinajstić information content (AvgIpc) is 3.16. The molecule has 144 valence electrons. The van der Waals surface area contributed by atoms with Crippen molar-refractivity contribution in [2.45, 2.75) is 26.2 Å². The molecule has 1 saturated heterocycles. The lowest BCUT2D eigenvalue weighted by molar-refractivity contribution is -0.117. The van der Waals surface area contributed by atoms with E-state index in [1.165, 1.54) is 16.9 Å². The van der Waals surface area contributed by atoms with Gasteiger partial charge in [-0.2, -0.15) is 0 Å². The molecule has 0 spiro atoms. The van der Waals surface area contributed by atoms with Crippen molar-refractivity contribution in [1.82, 2.24) is 9.80 Å². The highest BCUT2D eigenvalue weighted by molar-refractivity contribution is 7.12. The Morgan fingerprint density at radius 1 is 1.04 bits per heavy atom. The molecule has 0 aliphatic carbocycles. The average molecular weight is 386 g/mol. The summed E-state index contributed by atoms with van der Waals surface area (Å²) in [7, 11) is 0. The molecule has 1 aromatic carbocycles. The SMILES string of the molecule is CC(C)(C)c1ccc(NC(=O)CN2CCN(C(=O)c3cccs3)CC2)cc1. The van der Waals surface area contributed by atoms with E-state index in [0.29, 0.717) is 32.7 Å². The number of hydrogen-bond acceptors (Lipinski definition) is 4. The molecular weight excluding hydrogens is 358 g/mol. The van der Waals surface area contributed by atoms with Gasteiger partial charge in [-0.15, -0.1) is 11.3 Å². The first-order valence-corrected chi connectivity index (χ1v) is 10.2. The third-order valence-electron chi connectivity index (χ3n) is 4.79. The van der Waals surface area contributed by atoms with Crippen LogP contribution in [0.25, 0.3) is 0 Å². The lowest BCUT2D eigenvalue weighted by Crippen LogP contribution is -2.50. The van der Waals surface area contributed by atoms with Crippen molar-refractivity contribution in [3.8, 4) is 0 Å². The fourth-order valence-corrected chi connectivity index (χ4v) is 3.81. The molecule has 0 bridgehead atoms. The lowest BCUT2D eigenvalue weighted by atomic mass is 9.87. The van der Waals surface area contributed by atoms with Crippen LogP contribution in [0, 0.1) is 0 Å². The molecule has 0 atom stereocenters. The molecule has 0 saturated carbocycles. The zero-order chi connectivity index (χ0) is 19.4. The van der Waals surface area contributed by atoms with Gasteiger partial charge in [0.15, 0.2) is 0 Å². The van der Waals surface area contributed by atoms with Crippen molar-refractivity contribution in [2.75, 3.05) is 38.0 Å². The molecule has 1 N–H and O–H groups in total. The van der Waals surface area contributed by atoms with E-state index in [1.54, 1.807) is 0 Å². The normalized spacial score (nSPS) is 15.6. The number of rotatable bonds is 4. The van der Waals surface area contributed by atoms with Crippen LogP contribution in [0.15, 0.2) is 41.8 Å². The Bertz CT molecular complexity index is 771. The summed E-state index contributed by atoms with van der Waals surface area (Å²) in [5.74, 6) is 0.0737. The van der Waals surface area contributed by atoms with Crippen LogP contribution < -0.4 is 5.32 Å². The lowest BCUT2D eigenvalue weighted by Gasteiger charge is -2.34. The fourth-order valence-electron chi connectivity index (χ4n) is 3.12. The van der Waals surface area contributed by atoms with E-state index in [4.69, 9.17) is 0 Å². The molecule has 27 heavy (non-hydrogen) atoms. The van der Waals surface area contributed by atoms with Gasteiger partial charge in [-0.05, 0) is 34.6 Å². The van der Waals surface area contributed by atoms with Gasteiger partial charge < -0.3 is 10.2 Å². The molecule has 1 aromatic heterocycles. The minimum absolute atomic E-state index is 0.0171. The van der Waals surface area contributed by atoms with E-state index in [1.807, 2.05) is 34.5 Å². The molecule has 2 heterocycles. The number of piperazine rings is 1. The van der Waals surface area contributed by atoms with E-state index < -0.39 is 0 Å². The van der Waals surface area contributed by atoms with Crippen LogP contribution in [-0.2, 0) is 10.2 Å². The molecule has 0 unspecified atom stereocenters. The molecule has 1 aliphatic rings. The number of benzene rings is 1. The second-order valence-corrected chi connectivity index (χ2v) is 8.87. The molecule has 5 nitrogen and oxygen atoms in total. The Labute approximate surface area is 165 Å². The van der Waals surface area contributed by atoms with Crippen molar-refractivity contribution in [3.63, 3.8) is 0 Å². The molecule has 3 rings (SSSR count). The van der Waals surface area contributed by atoms with Crippen LogP contribution in [0.3, 0.4) is 0 Å². The molecule has 2 aromatic rings. The Hall–Kier alpha value is -2.18. The van der Waals surface area contributed by atoms with Crippen molar-refractivity contribution in [3.05, 3.63) is 52.2 Å². The Balaban J connectivity index is 1.46. The smallest absolute Gasteiger partial charge is 0.264 e. The zero-order valence-corrected chi connectivity index (χ0v) is 17.0. The first kappa shape index (κ1) is 19.6. The molecule has 0 radical (unpaired) electrons. The molecule has 2 amide bonds. The number of carbonyl (C=O) groups excluding carboxylic acids is 2. The van der Waals surface area contributed by atoms with Gasteiger partial charge in [0.05, 0.1) is 11.4 Å². The molecule has 6 heteroatoms. The molecule has 1 aliphatic heterocycles. The van der Waals surface area contributed by atoms with E-state index in [9.17, 15) is 9.59 Å². The van der Waals surface area contributed by atoms with Gasteiger partial charge in [-0.1, -0.05) is 39.0 Å². The summed E-state index contributed by atoms with van der Waals surface area (Å²) >= 11 is 1.47. The van der Waals surface area contributed by atoms with Gasteiger partial charge in [0.25, 0.3) is 5.91 Å². The summed E-state index contributed by atoms with van der Waals surface area (Å²) in [4.78, 5) is 29.4. The highest BCUT2D eigenvalue weighted by atomic mass is 32.1. The maximum Gasteiger partial charge on any atom is 0.264 e. The predicted octanol–water partition coefficient (Wildman–Crippen LogP) is 3.44. The summed E-state index contributed by atoms with van der Waals surface area (Å²) in [6.07, 6.45) is 0. The first-order valence-electron chi connectivity index (χ1n) is 9.28. The number of hydrogen-bond donors (Lipinski definition) is 1. The quantitative estimate of drug-likeness (QED) is 0.877. The number of nitrogens with zero attached hydrogens (tertiary/aromatic N) is 2. The number of thiophene rings is 1. The van der Waals surface area contributed by atoms with Crippen molar-refractivity contribution in [1.29, 1.82) is 0 Å². The predicted molar refractivity (Wildman–Crippen MR) is 110 cm³/mol. The van der Waals surface area contributed by atoms with Gasteiger partial charge in [0, 0.05) is 31.9 Å². The second kappa shape index (κ2) is 8.23. The van der Waals surface area contributed by atoms with E-state index in [-0.39, 0.29) is 17.2 Å². The topological polar surface area (TPSA) is 52.7 Å². The summed E-state index contributed by atoms with van der Waals surface area (Å²) < 4.78 is 0. The van der Waals surface area contributed by atoms with Crippen molar-refractivity contribution >= 4 is 28.8 Å². The Kier molecular flexibility index (Phi) is 5.97. The monoisotopic (exact) mass is 385 g/mol. The third kappa shape index (κ3) is 5.17. The van der Waals surface area contributed by atoms with E-state index >= 15 is 0 Å². The Morgan fingerprint density at radius 3 is 2.26 bits per heavy atom. The minimum atomic E-state index is -0.0171. The first-order chi connectivity index (χ1) is 12.8. The summed E-state index contributed by atoms with van der Waals surface area (Å²) in [6, 6.07) is 11.8. The number of anilines is 1. The van der Waals surface area contributed by atoms with Gasteiger partial charge in [0.2, 0.25) is 5.91 Å². The van der Waals surface area contributed by atoms with Crippen LogP contribution in [0.2, 0.25) is 0 Å². The fraction of sp³-hybridized carbons (Fsp3) is 0.429. The van der Waals surface area contributed by atoms with Gasteiger partial charge in [-0.25, -0.2) is 0 Å². The van der Waals surface area contributed by atoms with Crippen LogP contribution in [0.5, 0.6) is 0 Å². The molecule has 1 fully saturated rings. The second-order valence-electron chi connectivity index (χ2n) is 7.92. The third-order valence-corrected chi connectivity index (χ3v) is 5.65. The van der Waals surface area contributed by atoms with Crippen LogP contribution in [0.1, 0.15) is 36.0 Å². The minimum Gasteiger partial charge on any atom is -0.335 e. The van der Waals surface area contributed by atoms with Crippen LogP contribution in [0.4, 0.5) is 5.69 Å². The highest BCUT2D eigenvalue weighted by Gasteiger charge is 2.23. The van der Waals surface area contributed by atoms with Crippen LogP contribution in [-0.4, -0.2) is 54.3 Å². The number of carbonyl (C=O) groups is 2. The van der Waals surface area contributed by atoms with Crippen molar-refractivity contribution < 1.29 is 9.59 Å². The van der Waals surface area contributed by atoms with Crippen LogP contribution >= 0.6 is 11.3 Å². The largest absolute Gasteiger partial charge is 0.335 e. The maximum atomic E-state index is 12.4. The molecular formula is C21H27N3O2S. The summed E-state index contributed by atoms with van der Waals surface area (Å²) in [5.41, 5.74) is 2.16. The highest BCUT2D eigenvalue weighted by Crippen LogP contribution is 2.23. The number of nitrogens with one attached hydrogen (secondary N) is 1. The van der Waals surface area contributed by atoms with Gasteiger partial charge in [-0.3, -0.25) is 14.5 Å². The van der Waals surface area contributed by atoms with E-state index in [2.05, 4.69) is 43.1 Å². The number of amides is 2. The zero-order valence-electron chi connectivity index (χ0n) is 16.2. The standard InChI is InChI=1S/C21H27N3O2S/c1-21(2,3)16-6-8-17(9-7-16)22-19(25)15-23-10-12-24(13-11-23)20(26)18-5-4-14-27-18/h4-9,14H,10-13,15H2,1-3H3,(H,22,25).